The van der Waals surface area contributed by atoms with Crippen molar-refractivity contribution in [2.24, 2.45) is 0 Å². The minimum Gasteiger partial charge on any atom is -0.480 e. The van der Waals surface area contributed by atoms with E-state index in [0.717, 1.165) is 20.2 Å². The third-order valence-corrected chi connectivity index (χ3v) is 3.31. The highest BCUT2D eigenvalue weighted by Crippen LogP contribution is 2.24. The molecule has 102 valence electrons. The number of aryl methyl sites for hydroxylation is 2. The van der Waals surface area contributed by atoms with Gasteiger partial charge in [-0.3, -0.25) is 9.69 Å². The van der Waals surface area contributed by atoms with Crippen molar-refractivity contribution in [3.8, 4) is 0 Å². The van der Waals surface area contributed by atoms with Crippen LogP contribution in [0, 0.1) is 13.8 Å². The van der Waals surface area contributed by atoms with E-state index >= 15 is 0 Å². The van der Waals surface area contributed by atoms with Gasteiger partial charge >= 0.3 is 12.1 Å². The summed E-state index contributed by atoms with van der Waals surface area (Å²) in [6.45, 7) is 1.86. The highest BCUT2D eigenvalue weighted by atomic mass is 32.1. The number of carboxylic acid groups (broad SMARTS) is 1. The molecular weight excluding hydrogens is 267 g/mol. The van der Waals surface area contributed by atoms with Gasteiger partial charge in [0, 0.05) is 16.3 Å². The second-order valence-electron chi connectivity index (χ2n) is 4.09. The van der Waals surface area contributed by atoms with Crippen molar-refractivity contribution >= 4 is 17.3 Å². The zero-order chi connectivity index (χ0) is 13.9. The van der Waals surface area contributed by atoms with Gasteiger partial charge in [0.2, 0.25) is 0 Å². The molecule has 0 aliphatic heterocycles. The van der Waals surface area contributed by atoms with Crippen molar-refractivity contribution in [3.05, 3.63) is 21.4 Å². The molecule has 0 amide bonds. The lowest BCUT2D eigenvalue weighted by Gasteiger charge is -2.21. The second-order valence-corrected chi connectivity index (χ2v) is 5.55. The van der Waals surface area contributed by atoms with E-state index < -0.39 is 25.2 Å². The van der Waals surface area contributed by atoms with E-state index in [0.29, 0.717) is 0 Å². The Labute approximate surface area is 107 Å². The predicted octanol–water partition coefficient (Wildman–Crippen LogP) is 2.81. The minimum atomic E-state index is -4.39. The van der Waals surface area contributed by atoms with E-state index in [1.807, 2.05) is 13.8 Å². The topological polar surface area (TPSA) is 40.5 Å². The lowest BCUT2D eigenvalue weighted by molar-refractivity contribution is -0.154. The van der Waals surface area contributed by atoms with Crippen LogP contribution in [-0.4, -0.2) is 35.2 Å². The summed E-state index contributed by atoms with van der Waals surface area (Å²) in [7, 11) is 0. The van der Waals surface area contributed by atoms with Gasteiger partial charge in [0.15, 0.2) is 0 Å². The molecular formula is C11H14F3NO2S. The molecule has 1 heterocycles. The van der Waals surface area contributed by atoms with Gasteiger partial charge in [0.05, 0.1) is 13.1 Å². The van der Waals surface area contributed by atoms with Crippen LogP contribution in [0.4, 0.5) is 13.2 Å². The number of carboxylic acids is 1. The highest BCUT2D eigenvalue weighted by Gasteiger charge is 2.31. The van der Waals surface area contributed by atoms with Crippen molar-refractivity contribution in [3.63, 3.8) is 0 Å². The summed E-state index contributed by atoms with van der Waals surface area (Å²) < 4.78 is 37.0. The molecule has 3 nitrogen and oxygen atoms in total. The van der Waals surface area contributed by atoms with Crippen molar-refractivity contribution in [1.29, 1.82) is 0 Å². The number of thiophene rings is 1. The van der Waals surface area contributed by atoms with Crippen molar-refractivity contribution in [2.75, 3.05) is 13.1 Å². The Morgan fingerprint density at radius 3 is 2.44 bits per heavy atom. The van der Waals surface area contributed by atoms with Gasteiger partial charge in [0.25, 0.3) is 0 Å². The summed E-state index contributed by atoms with van der Waals surface area (Å²) in [5, 5.41) is 8.63. The molecule has 18 heavy (non-hydrogen) atoms. The van der Waals surface area contributed by atoms with Gasteiger partial charge in [0.1, 0.15) is 0 Å². The maximum absolute atomic E-state index is 12.3. The Morgan fingerprint density at radius 1 is 1.44 bits per heavy atom. The van der Waals surface area contributed by atoms with Crippen LogP contribution in [0.3, 0.4) is 0 Å². The number of hydrogen-bond donors (Lipinski definition) is 1. The van der Waals surface area contributed by atoms with Gasteiger partial charge in [-0.1, -0.05) is 0 Å². The second kappa shape index (κ2) is 5.71. The van der Waals surface area contributed by atoms with Crippen LogP contribution in [0.15, 0.2) is 6.07 Å². The summed E-state index contributed by atoms with van der Waals surface area (Å²) in [5.41, 5.74) is 0.753. The number of carbonyl (C=O) groups is 1. The van der Waals surface area contributed by atoms with Crippen LogP contribution in [0.5, 0.6) is 0 Å². The molecule has 0 aromatic carbocycles. The van der Waals surface area contributed by atoms with Crippen LogP contribution < -0.4 is 0 Å². The molecule has 7 heteroatoms. The van der Waals surface area contributed by atoms with E-state index in [2.05, 4.69) is 0 Å². The molecule has 0 spiro atoms. The van der Waals surface area contributed by atoms with E-state index in [-0.39, 0.29) is 6.54 Å². The molecule has 0 unspecified atom stereocenters. The maximum atomic E-state index is 12.3. The van der Waals surface area contributed by atoms with Crippen molar-refractivity contribution in [2.45, 2.75) is 26.6 Å². The van der Waals surface area contributed by atoms with Crippen molar-refractivity contribution < 1.29 is 23.1 Å². The maximum Gasteiger partial charge on any atom is 0.401 e. The van der Waals surface area contributed by atoms with Crippen LogP contribution >= 0.6 is 11.3 Å². The molecule has 1 rings (SSSR count). The number of rotatable bonds is 5. The van der Waals surface area contributed by atoms with Gasteiger partial charge in [-0.15, -0.1) is 11.3 Å². The fourth-order valence-electron chi connectivity index (χ4n) is 1.69. The average molecular weight is 281 g/mol. The zero-order valence-corrected chi connectivity index (χ0v) is 10.9. The molecule has 0 fully saturated rings. The Morgan fingerprint density at radius 2 is 2.06 bits per heavy atom. The summed E-state index contributed by atoms with van der Waals surface area (Å²) in [6, 6.07) is 1.80. The van der Waals surface area contributed by atoms with Gasteiger partial charge in [-0.25, -0.2) is 0 Å². The zero-order valence-electron chi connectivity index (χ0n) is 10.0. The molecule has 0 saturated heterocycles. The number of alkyl halides is 3. The normalized spacial score (nSPS) is 12.1. The quantitative estimate of drug-likeness (QED) is 0.902. The first-order valence-electron chi connectivity index (χ1n) is 5.24. The third kappa shape index (κ3) is 5.05. The Hall–Kier alpha value is -1.08. The van der Waals surface area contributed by atoms with E-state index in [1.165, 1.54) is 11.3 Å². The van der Waals surface area contributed by atoms with Crippen LogP contribution in [0.1, 0.15) is 15.3 Å². The average Bonchev–Trinajstić information content (AvgIpc) is 2.40. The largest absolute Gasteiger partial charge is 0.480 e. The Bertz CT molecular complexity index is 428. The number of aliphatic carboxylic acids is 1. The Balaban J connectivity index is 2.78. The van der Waals surface area contributed by atoms with Crippen LogP contribution in [-0.2, 0) is 11.3 Å². The first kappa shape index (κ1) is 15.0. The first-order valence-corrected chi connectivity index (χ1v) is 6.06. The van der Waals surface area contributed by atoms with Gasteiger partial charge < -0.3 is 5.11 Å². The number of nitrogens with zero attached hydrogens (tertiary/aromatic N) is 1. The SMILES string of the molecule is Cc1cc(CN(CC(=O)O)CC(F)(F)F)c(C)s1. The number of hydrogen-bond acceptors (Lipinski definition) is 3. The van der Waals surface area contributed by atoms with E-state index in [1.54, 1.807) is 6.07 Å². The lowest BCUT2D eigenvalue weighted by Crippen LogP contribution is -2.37. The van der Waals surface area contributed by atoms with Gasteiger partial charge in [-0.05, 0) is 25.5 Å². The third-order valence-electron chi connectivity index (χ3n) is 2.30. The van der Waals surface area contributed by atoms with Crippen LogP contribution in [0.2, 0.25) is 0 Å². The highest BCUT2D eigenvalue weighted by molar-refractivity contribution is 7.12. The minimum absolute atomic E-state index is 0.00197. The molecule has 0 bridgehead atoms. The first-order chi connectivity index (χ1) is 8.17. The summed E-state index contributed by atoms with van der Waals surface area (Å²) >= 11 is 1.49. The summed E-state index contributed by atoms with van der Waals surface area (Å²) in [5.74, 6) is -1.26. The molecule has 1 N–H and O–H groups in total. The standard InChI is InChI=1S/C11H14F3NO2S/c1-7-3-9(8(2)18-7)4-15(5-10(16)17)6-11(12,13)14/h3H,4-6H2,1-2H3,(H,16,17). The lowest BCUT2D eigenvalue weighted by atomic mass is 10.2. The molecule has 0 aliphatic rings. The molecule has 0 aliphatic carbocycles. The van der Waals surface area contributed by atoms with Gasteiger partial charge in [-0.2, -0.15) is 13.2 Å². The van der Waals surface area contributed by atoms with Crippen molar-refractivity contribution in [1.82, 2.24) is 4.90 Å². The fourth-order valence-corrected chi connectivity index (χ4v) is 2.63. The molecule has 1 aromatic heterocycles. The fraction of sp³-hybridized carbons (Fsp3) is 0.545. The monoisotopic (exact) mass is 281 g/mol. The Kier molecular flexibility index (Phi) is 4.75. The molecule has 0 radical (unpaired) electrons. The summed E-state index contributed by atoms with van der Waals surface area (Å²) in [4.78, 5) is 13.4. The molecule has 1 aromatic rings. The van der Waals surface area contributed by atoms with E-state index in [9.17, 15) is 18.0 Å². The van der Waals surface area contributed by atoms with E-state index in [4.69, 9.17) is 5.11 Å². The summed E-state index contributed by atoms with van der Waals surface area (Å²) in [6.07, 6.45) is -4.39. The molecule has 0 atom stereocenters. The number of halogens is 3. The molecule has 0 saturated carbocycles. The predicted molar refractivity (Wildman–Crippen MR) is 62.8 cm³/mol. The van der Waals surface area contributed by atoms with Crippen LogP contribution in [0.25, 0.3) is 0 Å². The smallest absolute Gasteiger partial charge is 0.401 e.